The number of hydrogen-bond donors (Lipinski definition) is 0. The van der Waals surface area contributed by atoms with Gasteiger partial charge >= 0.3 is 0 Å². The average Bonchev–Trinajstić information content (AvgIpc) is 3.18. The molecule has 0 bridgehead atoms. The molecular formula is C28H31ClFN5O2. The van der Waals surface area contributed by atoms with E-state index in [1.54, 1.807) is 41.3 Å². The highest BCUT2D eigenvalue weighted by atomic mass is 35.5. The van der Waals surface area contributed by atoms with E-state index in [4.69, 9.17) is 11.6 Å². The monoisotopic (exact) mass is 523 g/mol. The molecule has 0 N–H and O–H groups in total. The smallest absolute Gasteiger partial charge is 0.254 e. The number of benzene rings is 2. The van der Waals surface area contributed by atoms with Crippen LogP contribution in [0, 0.1) is 5.82 Å². The quantitative estimate of drug-likeness (QED) is 0.440. The first-order valence-corrected chi connectivity index (χ1v) is 12.9. The molecule has 4 rings (SSSR count). The fraction of sp³-hybridized carbons (Fsp3) is 0.357. The maximum Gasteiger partial charge on any atom is 0.254 e. The number of aromatic nitrogens is 2. The van der Waals surface area contributed by atoms with Crippen molar-refractivity contribution < 1.29 is 14.0 Å². The van der Waals surface area contributed by atoms with Crippen LogP contribution in [0.25, 0.3) is 11.3 Å². The number of carbonyl (C=O) groups is 2. The molecule has 2 aromatic carbocycles. The van der Waals surface area contributed by atoms with Gasteiger partial charge in [0.25, 0.3) is 5.91 Å². The van der Waals surface area contributed by atoms with E-state index in [-0.39, 0.29) is 30.2 Å². The summed E-state index contributed by atoms with van der Waals surface area (Å²) in [5.74, 6) is 0.201. The Morgan fingerprint density at radius 1 is 0.973 bits per heavy atom. The van der Waals surface area contributed by atoms with E-state index in [0.29, 0.717) is 35.9 Å². The van der Waals surface area contributed by atoms with Gasteiger partial charge in [0.1, 0.15) is 12.4 Å². The summed E-state index contributed by atoms with van der Waals surface area (Å²) in [6.07, 6.45) is 1.52. The van der Waals surface area contributed by atoms with E-state index in [9.17, 15) is 14.0 Å². The van der Waals surface area contributed by atoms with Gasteiger partial charge in [-0.3, -0.25) is 9.59 Å². The van der Waals surface area contributed by atoms with E-state index in [0.717, 1.165) is 30.8 Å². The minimum Gasteiger partial charge on any atom is -0.353 e. The molecule has 1 unspecified atom stereocenters. The Bertz CT molecular complexity index is 1200. The zero-order chi connectivity index (χ0) is 26.4. The molecule has 7 nitrogen and oxygen atoms in total. The fourth-order valence-electron chi connectivity index (χ4n) is 4.32. The van der Waals surface area contributed by atoms with Crippen molar-refractivity contribution in [2.75, 3.05) is 37.6 Å². The van der Waals surface area contributed by atoms with E-state index in [1.165, 1.54) is 12.1 Å². The van der Waals surface area contributed by atoms with Crippen LogP contribution in [0.5, 0.6) is 0 Å². The number of anilines is 1. The average molecular weight is 524 g/mol. The summed E-state index contributed by atoms with van der Waals surface area (Å²) in [7, 11) is 0. The summed E-state index contributed by atoms with van der Waals surface area (Å²) in [4.78, 5) is 32.1. The minimum absolute atomic E-state index is 0.0304. The number of hydrogen-bond acceptors (Lipinski definition) is 5. The Kier molecular flexibility index (Phi) is 8.71. The number of amides is 2. The van der Waals surface area contributed by atoms with Gasteiger partial charge in [-0.1, -0.05) is 18.5 Å². The van der Waals surface area contributed by atoms with Gasteiger partial charge in [-0.2, -0.15) is 0 Å². The van der Waals surface area contributed by atoms with Gasteiger partial charge in [0.2, 0.25) is 5.91 Å². The molecule has 1 fully saturated rings. The Morgan fingerprint density at radius 2 is 1.70 bits per heavy atom. The summed E-state index contributed by atoms with van der Waals surface area (Å²) in [5.41, 5.74) is 1.99. The standard InChI is InChI=1S/C28H31ClFN5O2/c1-3-20(2)35(28(37)22-5-9-23(29)10-6-22)19-27(36)34-16-4-15-33(17-18-34)26-14-13-25(31-32-26)21-7-11-24(30)12-8-21/h5-14,20H,3-4,15-19H2,1-2H3. The van der Waals surface area contributed by atoms with Crippen molar-refractivity contribution in [3.05, 3.63) is 77.1 Å². The molecule has 9 heteroatoms. The molecule has 0 saturated carbocycles. The molecule has 3 aromatic rings. The van der Waals surface area contributed by atoms with Crippen molar-refractivity contribution in [1.29, 1.82) is 0 Å². The maximum absolute atomic E-state index is 13.3. The van der Waals surface area contributed by atoms with Gasteiger partial charge in [-0.15, -0.1) is 10.2 Å². The van der Waals surface area contributed by atoms with Gasteiger partial charge in [0, 0.05) is 48.4 Å². The Hall–Kier alpha value is -3.52. The summed E-state index contributed by atoms with van der Waals surface area (Å²) in [6, 6.07) is 16.6. The van der Waals surface area contributed by atoms with Gasteiger partial charge in [-0.05, 0) is 80.4 Å². The van der Waals surface area contributed by atoms with Crippen molar-refractivity contribution in [2.45, 2.75) is 32.7 Å². The van der Waals surface area contributed by atoms with E-state index >= 15 is 0 Å². The van der Waals surface area contributed by atoms with Crippen LogP contribution in [0.3, 0.4) is 0 Å². The second kappa shape index (κ2) is 12.1. The van der Waals surface area contributed by atoms with Crippen LogP contribution in [0.1, 0.15) is 37.0 Å². The van der Waals surface area contributed by atoms with Crippen LogP contribution in [0.4, 0.5) is 10.2 Å². The van der Waals surface area contributed by atoms with Gasteiger partial charge < -0.3 is 14.7 Å². The first kappa shape index (κ1) is 26.5. The topological polar surface area (TPSA) is 69.6 Å². The van der Waals surface area contributed by atoms with Crippen molar-refractivity contribution in [2.24, 2.45) is 0 Å². The Labute approximate surface area is 221 Å². The zero-order valence-electron chi connectivity index (χ0n) is 21.1. The molecule has 194 valence electrons. The van der Waals surface area contributed by atoms with Crippen LogP contribution < -0.4 is 4.90 Å². The molecule has 0 radical (unpaired) electrons. The molecule has 37 heavy (non-hydrogen) atoms. The SMILES string of the molecule is CCC(C)N(CC(=O)N1CCCN(c2ccc(-c3ccc(F)cc3)nn2)CC1)C(=O)c1ccc(Cl)cc1. The molecular weight excluding hydrogens is 493 g/mol. The highest BCUT2D eigenvalue weighted by Crippen LogP contribution is 2.20. The lowest BCUT2D eigenvalue weighted by Gasteiger charge is -2.31. The maximum atomic E-state index is 13.3. The molecule has 0 spiro atoms. The van der Waals surface area contributed by atoms with E-state index < -0.39 is 0 Å². The molecule has 2 amide bonds. The third-order valence-corrected chi connectivity index (χ3v) is 7.00. The largest absolute Gasteiger partial charge is 0.353 e. The van der Waals surface area contributed by atoms with Crippen LogP contribution >= 0.6 is 11.6 Å². The fourth-order valence-corrected chi connectivity index (χ4v) is 4.44. The summed E-state index contributed by atoms with van der Waals surface area (Å²) >= 11 is 5.97. The first-order valence-electron chi connectivity index (χ1n) is 12.5. The molecule has 1 aliphatic rings. The highest BCUT2D eigenvalue weighted by molar-refractivity contribution is 6.30. The zero-order valence-corrected chi connectivity index (χ0v) is 21.9. The predicted molar refractivity (Wildman–Crippen MR) is 143 cm³/mol. The van der Waals surface area contributed by atoms with Crippen molar-refractivity contribution in [3.8, 4) is 11.3 Å². The summed E-state index contributed by atoms with van der Waals surface area (Å²) < 4.78 is 13.2. The Morgan fingerprint density at radius 3 is 2.35 bits per heavy atom. The van der Waals surface area contributed by atoms with Gasteiger partial charge in [0.05, 0.1) is 5.69 Å². The van der Waals surface area contributed by atoms with Crippen LogP contribution in [0.15, 0.2) is 60.7 Å². The second-order valence-electron chi connectivity index (χ2n) is 9.20. The minimum atomic E-state index is -0.293. The normalized spacial score (nSPS) is 14.7. The van der Waals surface area contributed by atoms with E-state index in [2.05, 4.69) is 15.1 Å². The lowest BCUT2D eigenvalue weighted by Crippen LogP contribution is -2.47. The third kappa shape index (κ3) is 6.63. The lowest BCUT2D eigenvalue weighted by molar-refractivity contribution is -0.132. The lowest BCUT2D eigenvalue weighted by atomic mass is 10.1. The number of halogens is 2. The highest BCUT2D eigenvalue weighted by Gasteiger charge is 2.27. The molecule has 1 atom stereocenters. The summed E-state index contributed by atoms with van der Waals surface area (Å²) in [5, 5.41) is 9.25. The third-order valence-electron chi connectivity index (χ3n) is 6.74. The van der Waals surface area contributed by atoms with Gasteiger partial charge in [0.15, 0.2) is 5.82 Å². The van der Waals surface area contributed by atoms with Crippen molar-refractivity contribution in [3.63, 3.8) is 0 Å². The molecule has 0 aliphatic carbocycles. The molecule has 1 saturated heterocycles. The second-order valence-corrected chi connectivity index (χ2v) is 9.64. The van der Waals surface area contributed by atoms with Crippen molar-refractivity contribution >= 4 is 29.2 Å². The number of nitrogens with zero attached hydrogens (tertiary/aromatic N) is 5. The first-order chi connectivity index (χ1) is 17.9. The number of rotatable bonds is 7. The van der Waals surface area contributed by atoms with Crippen LogP contribution in [-0.2, 0) is 4.79 Å². The molecule has 1 aliphatic heterocycles. The predicted octanol–water partition coefficient (Wildman–Crippen LogP) is 4.92. The van der Waals surface area contributed by atoms with E-state index in [1.807, 2.05) is 30.9 Å². The molecule has 2 heterocycles. The van der Waals surface area contributed by atoms with Gasteiger partial charge in [-0.25, -0.2) is 4.39 Å². The van der Waals surface area contributed by atoms with Crippen molar-refractivity contribution in [1.82, 2.24) is 20.0 Å². The number of carbonyl (C=O) groups excluding carboxylic acids is 2. The summed E-state index contributed by atoms with van der Waals surface area (Å²) in [6.45, 7) is 6.49. The van der Waals surface area contributed by atoms with Crippen LogP contribution in [-0.4, -0.2) is 70.6 Å². The molecule has 1 aromatic heterocycles. The van der Waals surface area contributed by atoms with Crippen LogP contribution in [0.2, 0.25) is 5.02 Å². The Balaban J connectivity index is 1.39.